The first-order valence-corrected chi connectivity index (χ1v) is 7.70. The minimum Gasteiger partial charge on any atom is -0.497 e. The van der Waals surface area contributed by atoms with E-state index < -0.39 is 24.8 Å². The Hall–Kier alpha value is -2.85. The van der Waals surface area contributed by atoms with Gasteiger partial charge in [0.1, 0.15) is 11.9 Å². The SMILES string of the molecule is C=C=C(c1ccccc1)[C@H](OC(=O)c1ccc(OC)cc1)[C@H](O)CO. The second-order valence-electron chi connectivity index (χ2n) is 5.26. The molecule has 0 fully saturated rings. The molecule has 5 nitrogen and oxygen atoms in total. The van der Waals surface area contributed by atoms with E-state index in [9.17, 15) is 15.0 Å². The molecule has 2 atom stereocenters. The van der Waals surface area contributed by atoms with Crippen LogP contribution in [-0.2, 0) is 4.74 Å². The molecule has 2 N–H and O–H groups in total. The maximum atomic E-state index is 12.4. The molecule has 0 aliphatic rings. The van der Waals surface area contributed by atoms with Gasteiger partial charge in [0.15, 0.2) is 6.10 Å². The van der Waals surface area contributed by atoms with E-state index >= 15 is 0 Å². The molecule has 2 aromatic rings. The summed E-state index contributed by atoms with van der Waals surface area (Å²) in [6, 6.07) is 15.4. The van der Waals surface area contributed by atoms with Crippen molar-refractivity contribution < 1.29 is 24.5 Å². The fourth-order valence-corrected chi connectivity index (χ4v) is 2.32. The Morgan fingerprint density at radius 2 is 1.76 bits per heavy atom. The molecule has 25 heavy (non-hydrogen) atoms. The molecule has 0 amide bonds. The lowest BCUT2D eigenvalue weighted by Crippen LogP contribution is -2.35. The highest BCUT2D eigenvalue weighted by Crippen LogP contribution is 2.23. The van der Waals surface area contributed by atoms with Gasteiger partial charge in [0.05, 0.1) is 19.3 Å². The average Bonchev–Trinajstić information content (AvgIpc) is 2.68. The number of carbonyl (C=O) groups is 1. The van der Waals surface area contributed by atoms with Crippen LogP contribution in [0.4, 0.5) is 0 Å². The largest absolute Gasteiger partial charge is 0.497 e. The highest BCUT2D eigenvalue weighted by molar-refractivity contribution is 5.90. The quantitative estimate of drug-likeness (QED) is 0.598. The summed E-state index contributed by atoms with van der Waals surface area (Å²) in [4.78, 5) is 12.4. The van der Waals surface area contributed by atoms with Crippen molar-refractivity contribution in [2.75, 3.05) is 13.7 Å². The number of ether oxygens (including phenoxy) is 2. The van der Waals surface area contributed by atoms with Crippen LogP contribution in [0.2, 0.25) is 0 Å². The normalized spacial score (nSPS) is 12.6. The summed E-state index contributed by atoms with van der Waals surface area (Å²) < 4.78 is 10.5. The lowest BCUT2D eigenvalue weighted by molar-refractivity contribution is -0.0147. The van der Waals surface area contributed by atoms with Gasteiger partial charge in [0, 0.05) is 5.57 Å². The minimum absolute atomic E-state index is 0.299. The van der Waals surface area contributed by atoms with Gasteiger partial charge in [0.2, 0.25) is 0 Å². The van der Waals surface area contributed by atoms with Crippen LogP contribution in [0.25, 0.3) is 5.57 Å². The van der Waals surface area contributed by atoms with E-state index in [0.29, 0.717) is 22.4 Å². The lowest BCUT2D eigenvalue weighted by atomic mass is 9.97. The van der Waals surface area contributed by atoms with Crippen molar-refractivity contribution in [2.45, 2.75) is 12.2 Å². The van der Waals surface area contributed by atoms with Crippen LogP contribution in [0.5, 0.6) is 5.75 Å². The molecule has 0 saturated carbocycles. The van der Waals surface area contributed by atoms with Crippen LogP contribution >= 0.6 is 0 Å². The lowest BCUT2D eigenvalue weighted by Gasteiger charge is -2.23. The monoisotopic (exact) mass is 340 g/mol. The maximum Gasteiger partial charge on any atom is 0.338 e. The molecule has 2 rings (SSSR count). The summed E-state index contributed by atoms with van der Waals surface area (Å²) in [5.41, 5.74) is 4.09. The fourth-order valence-electron chi connectivity index (χ4n) is 2.32. The van der Waals surface area contributed by atoms with Crippen LogP contribution in [0, 0.1) is 0 Å². The smallest absolute Gasteiger partial charge is 0.338 e. The van der Waals surface area contributed by atoms with Crippen molar-refractivity contribution in [3.8, 4) is 5.75 Å². The average molecular weight is 340 g/mol. The van der Waals surface area contributed by atoms with Gasteiger partial charge in [-0.25, -0.2) is 4.79 Å². The summed E-state index contributed by atoms with van der Waals surface area (Å²) in [5, 5.41) is 19.5. The number of aliphatic hydroxyl groups excluding tert-OH is 2. The van der Waals surface area contributed by atoms with Crippen LogP contribution in [0.1, 0.15) is 15.9 Å². The van der Waals surface area contributed by atoms with E-state index in [4.69, 9.17) is 9.47 Å². The number of carbonyl (C=O) groups excluding carboxylic acids is 1. The zero-order chi connectivity index (χ0) is 18.2. The van der Waals surface area contributed by atoms with Gasteiger partial charge >= 0.3 is 5.97 Å². The first-order valence-electron chi connectivity index (χ1n) is 7.70. The molecule has 0 saturated heterocycles. The number of benzene rings is 2. The van der Waals surface area contributed by atoms with E-state index in [0.717, 1.165) is 0 Å². The van der Waals surface area contributed by atoms with Crippen LogP contribution in [-0.4, -0.2) is 42.1 Å². The molecule has 0 aliphatic heterocycles. The second-order valence-corrected chi connectivity index (χ2v) is 5.26. The molecule has 0 aromatic heterocycles. The summed E-state index contributed by atoms with van der Waals surface area (Å²) in [7, 11) is 1.53. The number of hydrogen-bond donors (Lipinski definition) is 2. The molecule has 2 aromatic carbocycles. The predicted octanol–water partition coefficient (Wildman–Crippen LogP) is 2.44. The molecule has 0 aliphatic carbocycles. The third-order valence-corrected chi connectivity index (χ3v) is 3.66. The van der Waals surface area contributed by atoms with Crippen LogP contribution < -0.4 is 4.74 Å². The first kappa shape index (κ1) is 18.5. The van der Waals surface area contributed by atoms with E-state index in [1.54, 1.807) is 48.5 Å². The van der Waals surface area contributed by atoms with E-state index in [-0.39, 0.29) is 0 Å². The highest BCUT2D eigenvalue weighted by atomic mass is 16.6. The van der Waals surface area contributed by atoms with Gasteiger partial charge in [-0.2, -0.15) is 0 Å². The van der Waals surface area contributed by atoms with Gasteiger partial charge in [-0.1, -0.05) is 36.9 Å². The van der Waals surface area contributed by atoms with Gasteiger partial charge < -0.3 is 19.7 Å². The van der Waals surface area contributed by atoms with E-state index in [2.05, 4.69) is 12.3 Å². The van der Waals surface area contributed by atoms with Crippen molar-refractivity contribution in [3.63, 3.8) is 0 Å². The standard InChI is InChI=1S/C20H20O5/c1-3-17(14-7-5-4-6-8-14)19(18(22)13-21)25-20(23)15-9-11-16(24-2)12-10-15/h4-12,18-19,21-22H,1,13H2,2H3/t18-,19+/m1/s1. The minimum atomic E-state index is -1.30. The molecule has 0 heterocycles. The Bertz CT molecular complexity index is 745. The summed E-state index contributed by atoms with van der Waals surface area (Å²) in [6.07, 6.45) is -2.40. The third-order valence-electron chi connectivity index (χ3n) is 3.66. The van der Waals surface area contributed by atoms with Crippen molar-refractivity contribution in [3.05, 3.63) is 78.0 Å². The van der Waals surface area contributed by atoms with Crippen molar-refractivity contribution in [2.24, 2.45) is 0 Å². The van der Waals surface area contributed by atoms with Crippen molar-refractivity contribution in [1.29, 1.82) is 0 Å². The fraction of sp³-hybridized carbons (Fsp3) is 0.200. The second kappa shape index (κ2) is 8.85. The van der Waals surface area contributed by atoms with Gasteiger partial charge in [0.25, 0.3) is 0 Å². The topological polar surface area (TPSA) is 76.0 Å². The Morgan fingerprint density at radius 1 is 1.12 bits per heavy atom. The number of methoxy groups -OCH3 is 1. The van der Waals surface area contributed by atoms with Crippen LogP contribution in [0.3, 0.4) is 0 Å². The third kappa shape index (κ3) is 4.58. The Morgan fingerprint density at radius 3 is 2.28 bits per heavy atom. The number of aliphatic hydroxyl groups is 2. The molecule has 0 radical (unpaired) electrons. The number of hydrogen-bond acceptors (Lipinski definition) is 5. The van der Waals surface area contributed by atoms with Crippen molar-refractivity contribution in [1.82, 2.24) is 0 Å². The maximum absolute atomic E-state index is 12.4. The molecule has 0 unspecified atom stereocenters. The molecular weight excluding hydrogens is 320 g/mol. The molecule has 0 spiro atoms. The Kier molecular flexibility index (Phi) is 6.54. The zero-order valence-corrected chi connectivity index (χ0v) is 13.9. The summed E-state index contributed by atoms with van der Waals surface area (Å²) in [5.74, 6) is -0.0247. The molecule has 130 valence electrons. The summed E-state index contributed by atoms with van der Waals surface area (Å²) >= 11 is 0. The van der Waals surface area contributed by atoms with Gasteiger partial charge in [-0.15, -0.1) is 5.73 Å². The summed E-state index contributed by atoms with van der Waals surface area (Å²) in [6.45, 7) is 3.04. The van der Waals surface area contributed by atoms with Gasteiger partial charge in [-0.05, 0) is 29.8 Å². The highest BCUT2D eigenvalue weighted by Gasteiger charge is 2.28. The molecular formula is C20H20O5. The van der Waals surface area contributed by atoms with Crippen molar-refractivity contribution >= 4 is 11.5 Å². The molecule has 5 heteroatoms. The molecule has 0 bridgehead atoms. The number of esters is 1. The zero-order valence-electron chi connectivity index (χ0n) is 13.9. The van der Waals surface area contributed by atoms with E-state index in [1.165, 1.54) is 7.11 Å². The Balaban J connectivity index is 2.28. The predicted molar refractivity (Wildman–Crippen MR) is 94.3 cm³/mol. The first-order chi connectivity index (χ1) is 12.1. The number of rotatable bonds is 7. The van der Waals surface area contributed by atoms with E-state index in [1.807, 2.05) is 6.07 Å². The van der Waals surface area contributed by atoms with Crippen LogP contribution in [0.15, 0.2) is 66.9 Å². The Labute approximate surface area is 146 Å². The van der Waals surface area contributed by atoms with Gasteiger partial charge in [-0.3, -0.25) is 0 Å².